The molecule has 7 nitrogen and oxygen atoms in total. The molecule has 1 N–H and O–H groups in total. The number of hydrogen-bond donors (Lipinski definition) is 1. The number of aromatic nitrogens is 2. The first kappa shape index (κ1) is 11.6. The first-order chi connectivity index (χ1) is 7.22. The van der Waals surface area contributed by atoms with Crippen LogP contribution in [-0.2, 0) is 27.5 Å². The zero-order chi connectivity index (χ0) is 11.1. The van der Waals surface area contributed by atoms with Gasteiger partial charge in [0.1, 0.15) is 19.8 Å². The van der Waals surface area contributed by atoms with Crippen LogP contribution in [0.25, 0.3) is 0 Å². The van der Waals surface area contributed by atoms with Crippen LogP contribution in [0.3, 0.4) is 0 Å². The van der Waals surface area contributed by atoms with Gasteiger partial charge in [-0.3, -0.25) is 0 Å². The van der Waals surface area contributed by atoms with E-state index >= 15 is 0 Å². The maximum absolute atomic E-state index is 10.1. The monoisotopic (exact) mass is 216 g/mol. The average Bonchev–Trinajstić information content (AvgIpc) is 2.62. The van der Waals surface area contributed by atoms with Crippen LogP contribution in [0.1, 0.15) is 18.7 Å². The van der Waals surface area contributed by atoms with Crippen molar-refractivity contribution in [2.24, 2.45) is 0 Å². The highest BCUT2D eigenvalue weighted by molar-refractivity contribution is 5.67. The second-order valence-corrected chi connectivity index (χ2v) is 2.61. The number of ether oxygens (including phenoxy) is 2. The number of carbonyl (C=O) groups is 1. The van der Waals surface area contributed by atoms with Crippen molar-refractivity contribution in [3.05, 3.63) is 11.8 Å². The predicted octanol–water partition coefficient (Wildman–Crippen LogP) is 0.207. The molecule has 0 radical (unpaired) electrons. The largest absolute Gasteiger partial charge is 0.480 e. The lowest BCUT2D eigenvalue weighted by Crippen LogP contribution is -2.06. The normalized spacial score (nSPS) is 10.5. The molecule has 0 fully saturated rings. The van der Waals surface area contributed by atoms with Gasteiger partial charge in [0.2, 0.25) is 11.8 Å². The van der Waals surface area contributed by atoms with Crippen molar-refractivity contribution >= 4 is 5.97 Å². The van der Waals surface area contributed by atoms with Crippen molar-refractivity contribution in [3.8, 4) is 0 Å². The van der Waals surface area contributed by atoms with Crippen molar-refractivity contribution in [1.82, 2.24) is 10.2 Å². The van der Waals surface area contributed by atoms with E-state index in [4.69, 9.17) is 19.0 Å². The summed E-state index contributed by atoms with van der Waals surface area (Å²) in [4.78, 5) is 10.1. The van der Waals surface area contributed by atoms with Gasteiger partial charge in [0.15, 0.2) is 0 Å². The fourth-order valence-corrected chi connectivity index (χ4v) is 0.820. The van der Waals surface area contributed by atoms with E-state index in [9.17, 15) is 4.79 Å². The van der Waals surface area contributed by atoms with Crippen molar-refractivity contribution in [2.45, 2.75) is 20.1 Å². The molecule has 0 bridgehead atoms. The first-order valence-electron chi connectivity index (χ1n) is 4.41. The van der Waals surface area contributed by atoms with Crippen molar-refractivity contribution in [3.63, 3.8) is 0 Å². The summed E-state index contributed by atoms with van der Waals surface area (Å²) in [6, 6.07) is 0. The van der Waals surface area contributed by atoms with Gasteiger partial charge >= 0.3 is 5.97 Å². The lowest BCUT2D eigenvalue weighted by atomic mass is 10.7. The third-order valence-corrected chi connectivity index (χ3v) is 1.39. The lowest BCUT2D eigenvalue weighted by molar-refractivity contribution is -0.142. The number of carboxylic acid groups (broad SMARTS) is 1. The maximum atomic E-state index is 10.1. The molecule has 0 aliphatic heterocycles. The Labute approximate surface area is 86.0 Å². The van der Waals surface area contributed by atoms with E-state index in [-0.39, 0.29) is 25.7 Å². The van der Waals surface area contributed by atoms with E-state index in [0.717, 1.165) is 0 Å². The van der Waals surface area contributed by atoms with Crippen molar-refractivity contribution in [2.75, 3.05) is 13.2 Å². The topological polar surface area (TPSA) is 94.7 Å². The van der Waals surface area contributed by atoms with Crippen LogP contribution >= 0.6 is 0 Å². The summed E-state index contributed by atoms with van der Waals surface area (Å²) in [7, 11) is 0. The Morgan fingerprint density at radius 2 is 1.93 bits per heavy atom. The highest BCUT2D eigenvalue weighted by atomic mass is 16.5. The minimum absolute atomic E-state index is 0.00851. The highest BCUT2D eigenvalue weighted by Gasteiger charge is 2.06. The number of hydrogen-bond acceptors (Lipinski definition) is 6. The Balaban J connectivity index is 2.29. The van der Waals surface area contributed by atoms with Gasteiger partial charge in [-0.05, 0) is 6.92 Å². The van der Waals surface area contributed by atoms with Gasteiger partial charge in [0.25, 0.3) is 0 Å². The van der Waals surface area contributed by atoms with Crippen LogP contribution in [0.2, 0.25) is 0 Å². The number of nitrogens with zero attached hydrogens (tertiary/aromatic N) is 2. The highest BCUT2D eigenvalue weighted by Crippen LogP contribution is 2.02. The van der Waals surface area contributed by atoms with E-state index in [0.29, 0.717) is 12.5 Å². The van der Waals surface area contributed by atoms with E-state index in [2.05, 4.69) is 10.2 Å². The van der Waals surface area contributed by atoms with Gasteiger partial charge in [-0.1, -0.05) is 0 Å². The van der Waals surface area contributed by atoms with Crippen molar-refractivity contribution in [1.29, 1.82) is 0 Å². The van der Waals surface area contributed by atoms with Gasteiger partial charge in [-0.25, -0.2) is 4.79 Å². The fourth-order valence-electron chi connectivity index (χ4n) is 0.820. The summed E-state index contributed by atoms with van der Waals surface area (Å²) < 4.78 is 14.9. The third-order valence-electron chi connectivity index (χ3n) is 1.39. The van der Waals surface area contributed by atoms with Crippen LogP contribution in [0.15, 0.2) is 4.42 Å². The first-order valence-corrected chi connectivity index (χ1v) is 4.41. The minimum Gasteiger partial charge on any atom is -0.480 e. The smallest absolute Gasteiger partial charge is 0.329 e. The van der Waals surface area contributed by atoms with Crippen LogP contribution in [0, 0.1) is 0 Å². The Hall–Kier alpha value is -1.47. The van der Waals surface area contributed by atoms with Crippen molar-refractivity contribution < 1.29 is 23.8 Å². The Kier molecular flexibility index (Phi) is 4.72. The number of carboxylic acids is 1. The van der Waals surface area contributed by atoms with Gasteiger partial charge < -0.3 is 19.0 Å². The van der Waals surface area contributed by atoms with Gasteiger partial charge in [0.05, 0.1) is 0 Å². The number of aliphatic carboxylic acids is 1. The summed E-state index contributed by atoms with van der Waals surface area (Å²) >= 11 is 0. The zero-order valence-electron chi connectivity index (χ0n) is 8.30. The van der Waals surface area contributed by atoms with E-state index in [1.807, 2.05) is 6.92 Å². The molecule has 0 unspecified atom stereocenters. The molecule has 0 aliphatic rings. The third kappa shape index (κ3) is 4.52. The standard InChI is InChI=1S/C8H12N2O5/c1-2-13-3-6-9-10-7(15-6)4-14-5-8(11)12/h2-5H2,1H3,(H,11,12). The maximum Gasteiger partial charge on any atom is 0.329 e. The average molecular weight is 216 g/mol. The molecular formula is C8H12N2O5. The molecule has 0 saturated carbocycles. The zero-order valence-corrected chi connectivity index (χ0v) is 8.30. The molecule has 1 rings (SSSR count). The molecule has 84 valence electrons. The van der Waals surface area contributed by atoms with Gasteiger partial charge in [-0.2, -0.15) is 0 Å². The van der Waals surface area contributed by atoms with Crippen LogP contribution in [0.5, 0.6) is 0 Å². The molecule has 0 saturated heterocycles. The Morgan fingerprint density at radius 1 is 1.33 bits per heavy atom. The summed E-state index contributed by atoms with van der Waals surface area (Å²) in [5.74, 6) is -0.444. The molecule has 1 heterocycles. The summed E-state index contributed by atoms with van der Waals surface area (Å²) in [5.41, 5.74) is 0. The molecule has 15 heavy (non-hydrogen) atoms. The predicted molar refractivity (Wildman–Crippen MR) is 46.9 cm³/mol. The molecular weight excluding hydrogens is 204 g/mol. The fraction of sp³-hybridized carbons (Fsp3) is 0.625. The molecule has 7 heteroatoms. The van der Waals surface area contributed by atoms with E-state index < -0.39 is 5.97 Å². The molecule has 1 aromatic rings. The van der Waals surface area contributed by atoms with E-state index in [1.165, 1.54) is 0 Å². The van der Waals surface area contributed by atoms with Gasteiger partial charge in [0, 0.05) is 6.61 Å². The second-order valence-electron chi connectivity index (χ2n) is 2.61. The second kappa shape index (κ2) is 6.10. The van der Waals surface area contributed by atoms with Crippen LogP contribution in [0.4, 0.5) is 0 Å². The Morgan fingerprint density at radius 3 is 2.47 bits per heavy atom. The summed E-state index contributed by atoms with van der Waals surface area (Å²) in [6.45, 7) is 2.28. The quantitative estimate of drug-likeness (QED) is 0.695. The van der Waals surface area contributed by atoms with Crippen LogP contribution in [-0.4, -0.2) is 34.5 Å². The summed E-state index contributed by atoms with van der Waals surface area (Å²) in [5, 5.41) is 15.6. The molecule has 1 aromatic heterocycles. The molecule has 0 aromatic carbocycles. The minimum atomic E-state index is -1.04. The Bertz CT molecular complexity index is 312. The van der Waals surface area contributed by atoms with Crippen LogP contribution < -0.4 is 0 Å². The SMILES string of the molecule is CCOCc1nnc(COCC(=O)O)o1. The number of rotatable bonds is 7. The molecule has 0 aliphatic carbocycles. The lowest BCUT2D eigenvalue weighted by Gasteiger charge is -1.95. The molecule has 0 atom stereocenters. The van der Waals surface area contributed by atoms with E-state index in [1.54, 1.807) is 0 Å². The summed E-state index contributed by atoms with van der Waals surface area (Å²) in [6.07, 6.45) is 0. The molecule has 0 amide bonds. The van der Waals surface area contributed by atoms with Gasteiger partial charge in [-0.15, -0.1) is 10.2 Å². The molecule has 0 spiro atoms.